The van der Waals surface area contributed by atoms with Gasteiger partial charge in [-0.15, -0.1) is 0 Å². The van der Waals surface area contributed by atoms with Crippen LogP contribution >= 0.6 is 0 Å². The molecule has 1 aromatic rings. The summed E-state index contributed by atoms with van der Waals surface area (Å²) in [4.78, 5) is 0. The average Bonchev–Trinajstić information content (AvgIpc) is 2.34. The minimum absolute atomic E-state index is 0.139. The van der Waals surface area contributed by atoms with Crippen molar-refractivity contribution >= 4 is 10.8 Å². The van der Waals surface area contributed by atoms with Crippen molar-refractivity contribution in [3.63, 3.8) is 0 Å². The van der Waals surface area contributed by atoms with E-state index >= 15 is 0 Å². The summed E-state index contributed by atoms with van der Waals surface area (Å²) in [5.74, 6) is 2.26. The lowest BCUT2D eigenvalue weighted by atomic mass is 10.2. The Balaban J connectivity index is 2.31. The number of rotatable bonds is 7. The first-order valence-corrected chi connectivity index (χ1v) is 7.34. The van der Waals surface area contributed by atoms with Crippen LogP contribution in [-0.4, -0.2) is 28.9 Å². The van der Waals surface area contributed by atoms with Gasteiger partial charge in [-0.1, -0.05) is 12.1 Å². The SMILES string of the molecule is COc1ccc(CCS(=O)CCC(C)N)cc1. The van der Waals surface area contributed by atoms with Crippen molar-refractivity contribution in [2.45, 2.75) is 25.8 Å². The Morgan fingerprint density at radius 2 is 1.94 bits per heavy atom. The molecule has 0 aromatic heterocycles. The highest BCUT2D eigenvalue weighted by Gasteiger charge is 2.03. The van der Waals surface area contributed by atoms with Gasteiger partial charge in [0.1, 0.15) is 5.75 Å². The third-order valence-electron chi connectivity index (χ3n) is 2.58. The molecule has 0 heterocycles. The third kappa shape index (κ3) is 5.84. The highest BCUT2D eigenvalue weighted by atomic mass is 32.2. The summed E-state index contributed by atoms with van der Waals surface area (Å²) in [6.45, 7) is 1.95. The minimum atomic E-state index is -0.759. The summed E-state index contributed by atoms with van der Waals surface area (Å²) in [7, 11) is 0.891. The van der Waals surface area contributed by atoms with E-state index in [1.165, 1.54) is 5.56 Å². The van der Waals surface area contributed by atoms with Crippen molar-refractivity contribution in [2.75, 3.05) is 18.6 Å². The number of hydrogen-bond acceptors (Lipinski definition) is 3. The molecule has 0 bridgehead atoms. The van der Waals surface area contributed by atoms with Crippen LogP contribution in [0.15, 0.2) is 24.3 Å². The van der Waals surface area contributed by atoms with Crippen LogP contribution < -0.4 is 10.5 Å². The zero-order chi connectivity index (χ0) is 12.7. The van der Waals surface area contributed by atoms with Gasteiger partial charge in [0.15, 0.2) is 0 Å². The summed E-state index contributed by atoms with van der Waals surface area (Å²) < 4.78 is 16.8. The van der Waals surface area contributed by atoms with E-state index in [2.05, 4.69) is 0 Å². The number of benzene rings is 1. The first-order chi connectivity index (χ1) is 8.11. The fraction of sp³-hybridized carbons (Fsp3) is 0.538. The summed E-state index contributed by atoms with van der Waals surface area (Å²) in [5.41, 5.74) is 6.83. The van der Waals surface area contributed by atoms with Crippen molar-refractivity contribution < 1.29 is 8.95 Å². The van der Waals surface area contributed by atoms with Crippen molar-refractivity contribution in [1.82, 2.24) is 0 Å². The Bertz CT molecular complexity index is 349. The molecule has 0 aliphatic heterocycles. The molecule has 0 radical (unpaired) electrons. The van der Waals surface area contributed by atoms with E-state index in [4.69, 9.17) is 10.5 Å². The maximum absolute atomic E-state index is 11.7. The van der Waals surface area contributed by atoms with Crippen LogP contribution in [0.2, 0.25) is 0 Å². The second-order valence-electron chi connectivity index (χ2n) is 4.21. The quantitative estimate of drug-likeness (QED) is 0.807. The van der Waals surface area contributed by atoms with Crippen LogP contribution in [0.5, 0.6) is 5.75 Å². The highest BCUT2D eigenvalue weighted by Crippen LogP contribution is 2.11. The van der Waals surface area contributed by atoms with Gasteiger partial charge in [-0.3, -0.25) is 4.21 Å². The van der Waals surface area contributed by atoms with Crippen LogP contribution in [0.4, 0.5) is 0 Å². The standard InChI is InChI=1S/C13H21NO2S/c1-11(14)7-9-17(15)10-8-12-3-5-13(16-2)6-4-12/h3-6,11H,7-10,14H2,1-2H3. The van der Waals surface area contributed by atoms with Crippen molar-refractivity contribution in [3.05, 3.63) is 29.8 Å². The van der Waals surface area contributed by atoms with E-state index < -0.39 is 10.8 Å². The predicted octanol–water partition coefficient (Wildman–Crippen LogP) is 1.72. The van der Waals surface area contributed by atoms with E-state index in [-0.39, 0.29) is 6.04 Å². The molecule has 0 fully saturated rings. The molecule has 0 aliphatic carbocycles. The Morgan fingerprint density at radius 3 is 2.47 bits per heavy atom. The molecule has 2 N–H and O–H groups in total. The number of nitrogens with two attached hydrogens (primary N) is 1. The molecule has 1 rings (SSSR count). The van der Waals surface area contributed by atoms with Gasteiger partial charge in [-0.2, -0.15) is 0 Å². The first kappa shape index (κ1) is 14.2. The maximum atomic E-state index is 11.7. The van der Waals surface area contributed by atoms with E-state index in [0.717, 1.165) is 18.6 Å². The van der Waals surface area contributed by atoms with E-state index in [0.29, 0.717) is 11.5 Å². The molecular formula is C13H21NO2S. The molecule has 0 aliphatic rings. The highest BCUT2D eigenvalue weighted by molar-refractivity contribution is 7.84. The van der Waals surface area contributed by atoms with Crippen molar-refractivity contribution in [3.8, 4) is 5.75 Å². The molecule has 96 valence electrons. The largest absolute Gasteiger partial charge is 0.497 e. The van der Waals surface area contributed by atoms with Gasteiger partial charge in [0, 0.05) is 28.3 Å². The molecule has 2 unspecified atom stereocenters. The van der Waals surface area contributed by atoms with Crippen molar-refractivity contribution in [2.24, 2.45) is 5.73 Å². The lowest BCUT2D eigenvalue weighted by Gasteiger charge is -2.06. The Labute approximate surface area is 106 Å². The van der Waals surface area contributed by atoms with E-state index in [1.54, 1.807) is 7.11 Å². The van der Waals surface area contributed by atoms with Crippen LogP contribution in [0.1, 0.15) is 18.9 Å². The summed E-state index contributed by atoms with van der Waals surface area (Å²) in [6, 6.07) is 8.03. The molecule has 0 saturated carbocycles. The predicted molar refractivity (Wildman–Crippen MR) is 72.8 cm³/mol. The van der Waals surface area contributed by atoms with Crippen LogP contribution in [0.3, 0.4) is 0 Å². The molecule has 4 heteroatoms. The van der Waals surface area contributed by atoms with Gasteiger partial charge >= 0.3 is 0 Å². The summed E-state index contributed by atoms with van der Waals surface area (Å²) in [6.07, 6.45) is 1.67. The molecule has 3 nitrogen and oxygen atoms in total. The van der Waals surface area contributed by atoms with Gasteiger partial charge in [0.2, 0.25) is 0 Å². The Morgan fingerprint density at radius 1 is 1.29 bits per heavy atom. The maximum Gasteiger partial charge on any atom is 0.118 e. The molecule has 1 aromatic carbocycles. The Kier molecular flexibility index (Phi) is 6.22. The normalized spacial score (nSPS) is 14.3. The molecular weight excluding hydrogens is 234 g/mol. The zero-order valence-electron chi connectivity index (χ0n) is 10.5. The molecule has 2 atom stereocenters. The first-order valence-electron chi connectivity index (χ1n) is 5.85. The van der Waals surface area contributed by atoms with Crippen LogP contribution in [0.25, 0.3) is 0 Å². The van der Waals surface area contributed by atoms with Gasteiger partial charge in [-0.05, 0) is 37.5 Å². The number of methoxy groups -OCH3 is 1. The van der Waals surface area contributed by atoms with Gasteiger partial charge in [0.05, 0.1) is 7.11 Å². The lowest BCUT2D eigenvalue weighted by molar-refractivity contribution is 0.414. The summed E-state index contributed by atoms with van der Waals surface area (Å²) in [5, 5.41) is 0. The lowest BCUT2D eigenvalue weighted by Crippen LogP contribution is -2.19. The summed E-state index contributed by atoms with van der Waals surface area (Å²) >= 11 is 0. The Hall–Kier alpha value is -0.870. The van der Waals surface area contributed by atoms with Gasteiger partial charge in [-0.25, -0.2) is 0 Å². The molecule has 0 saturated heterocycles. The van der Waals surface area contributed by atoms with E-state index in [9.17, 15) is 4.21 Å². The van der Waals surface area contributed by atoms with Gasteiger partial charge in [0.25, 0.3) is 0 Å². The molecule has 17 heavy (non-hydrogen) atoms. The van der Waals surface area contributed by atoms with Crippen LogP contribution in [-0.2, 0) is 17.2 Å². The second-order valence-corrected chi connectivity index (χ2v) is 5.91. The molecule has 0 amide bonds. The number of aryl methyl sites for hydroxylation is 1. The van der Waals surface area contributed by atoms with Crippen LogP contribution in [0, 0.1) is 0 Å². The van der Waals surface area contributed by atoms with Crippen molar-refractivity contribution in [1.29, 1.82) is 0 Å². The number of ether oxygens (including phenoxy) is 1. The van der Waals surface area contributed by atoms with Gasteiger partial charge < -0.3 is 10.5 Å². The second kappa shape index (κ2) is 7.45. The number of hydrogen-bond donors (Lipinski definition) is 1. The third-order valence-corrected chi connectivity index (χ3v) is 3.93. The molecule has 0 spiro atoms. The average molecular weight is 255 g/mol. The fourth-order valence-electron chi connectivity index (χ4n) is 1.44. The fourth-order valence-corrected chi connectivity index (χ4v) is 2.75. The smallest absolute Gasteiger partial charge is 0.118 e. The zero-order valence-corrected chi connectivity index (χ0v) is 11.3. The monoisotopic (exact) mass is 255 g/mol. The minimum Gasteiger partial charge on any atom is -0.497 e. The van der Waals surface area contributed by atoms with E-state index in [1.807, 2.05) is 31.2 Å². The topological polar surface area (TPSA) is 52.3 Å².